The Kier molecular flexibility index (Phi) is 7.80. The van der Waals surface area contributed by atoms with Crippen LogP contribution in [-0.4, -0.2) is 71.2 Å². The minimum atomic E-state index is -0.998. The van der Waals surface area contributed by atoms with Crippen molar-refractivity contribution in [2.45, 2.75) is 69.4 Å². The van der Waals surface area contributed by atoms with E-state index in [-0.39, 0.29) is 24.5 Å². The van der Waals surface area contributed by atoms with E-state index in [0.717, 1.165) is 56.5 Å². The Morgan fingerprint density at radius 2 is 1.59 bits per heavy atom. The number of thioether (sulfide) groups is 1. The summed E-state index contributed by atoms with van der Waals surface area (Å²) in [4.78, 5) is 51.7. The average molecular weight is 425 g/mol. The summed E-state index contributed by atoms with van der Waals surface area (Å²) in [6.07, 6.45) is 7.74. The summed E-state index contributed by atoms with van der Waals surface area (Å²) in [5.74, 6) is 0.160. The molecule has 3 fully saturated rings. The Morgan fingerprint density at radius 1 is 0.931 bits per heavy atom. The Balaban J connectivity index is 1.54. The van der Waals surface area contributed by atoms with Crippen LogP contribution in [0.4, 0.5) is 4.79 Å². The van der Waals surface area contributed by atoms with E-state index in [1.165, 1.54) is 0 Å². The number of urea groups is 1. The molecule has 1 aliphatic heterocycles. The highest BCUT2D eigenvalue weighted by Crippen LogP contribution is 2.29. The van der Waals surface area contributed by atoms with Gasteiger partial charge in [0, 0.05) is 30.6 Å². The zero-order valence-electron chi connectivity index (χ0n) is 17.0. The van der Waals surface area contributed by atoms with Gasteiger partial charge in [0.2, 0.25) is 11.7 Å². The van der Waals surface area contributed by atoms with Crippen molar-refractivity contribution in [3.63, 3.8) is 0 Å². The van der Waals surface area contributed by atoms with Gasteiger partial charge in [0.05, 0.1) is 6.54 Å². The first-order chi connectivity index (χ1) is 14.0. The molecule has 0 unspecified atom stereocenters. The van der Waals surface area contributed by atoms with Crippen LogP contribution in [0.3, 0.4) is 0 Å². The molecule has 0 aromatic rings. The minimum absolute atomic E-state index is 0.0637. The van der Waals surface area contributed by atoms with Gasteiger partial charge in [-0.15, -0.1) is 0 Å². The standard InChI is InChI=1S/C20H32N4O4S/c25-16(17(26)22-15-6-2-3-7-15)14-21-18(27)20(8-4-1-5-9-20)23-19(28)24-10-12-29-13-11-24/h15H,1-14H2,(H,21,27)(H,22,26)(H,23,28). The van der Waals surface area contributed by atoms with Crippen LogP contribution in [0.25, 0.3) is 0 Å². The van der Waals surface area contributed by atoms with Gasteiger partial charge in [0.25, 0.3) is 5.91 Å². The molecule has 29 heavy (non-hydrogen) atoms. The molecule has 0 bridgehead atoms. The molecule has 1 saturated heterocycles. The summed E-state index contributed by atoms with van der Waals surface area (Å²) < 4.78 is 0. The van der Waals surface area contributed by atoms with Crippen LogP contribution < -0.4 is 16.0 Å². The van der Waals surface area contributed by atoms with Crippen LogP contribution in [0.5, 0.6) is 0 Å². The molecule has 0 spiro atoms. The van der Waals surface area contributed by atoms with E-state index in [4.69, 9.17) is 0 Å². The van der Waals surface area contributed by atoms with Crippen molar-refractivity contribution in [1.82, 2.24) is 20.9 Å². The summed E-state index contributed by atoms with van der Waals surface area (Å²) in [7, 11) is 0. The number of amides is 4. The number of rotatable bonds is 6. The number of hydrogen-bond donors (Lipinski definition) is 3. The van der Waals surface area contributed by atoms with Gasteiger partial charge in [-0.05, 0) is 25.7 Å². The molecule has 0 radical (unpaired) electrons. The van der Waals surface area contributed by atoms with Gasteiger partial charge < -0.3 is 20.9 Å². The summed E-state index contributed by atoms with van der Waals surface area (Å²) >= 11 is 1.82. The van der Waals surface area contributed by atoms with Crippen LogP contribution in [-0.2, 0) is 14.4 Å². The molecule has 3 rings (SSSR count). The van der Waals surface area contributed by atoms with Crippen molar-refractivity contribution in [1.29, 1.82) is 0 Å². The molecule has 0 atom stereocenters. The SMILES string of the molecule is O=C(CNC(=O)C1(NC(=O)N2CCSCC2)CCCCC1)C(=O)NC1CCCC1. The number of nitrogens with one attached hydrogen (secondary N) is 3. The maximum absolute atomic E-state index is 13.0. The van der Waals surface area contributed by atoms with Crippen molar-refractivity contribution in [2.24, 2.45) is 0 Å². The number of Topliss-reactive ketones (excluding diaryl/α,β-unsaturated/α-hetero) is 1. The first-order valence-electron chi connectivity index (χ1n) is 10.8. The molecule has 0 aromatic carbocycles. The fourth-order valence-electron chi connectivity index (χ4n) is 4.36. The van der Waals surface area contributed by atoms with Crippen molar-refractivity contribution in [3.8, 4) is 0 Å². The predicted octanol–water partition coefficient (Wildman–Crippen LogP) is 1.19. The van der Waals surface area contributed by atoms with Gasteiger partial charge in [-0.2, -0.15) is 11.8 Å². The molecule has 1 heterocycles. The van der Waals surface area contributed by atoms with Crippen LogP contribution in [0, 0.1) is 0 Å². The Hall–Kier alpha value is -1.77. The second-order valence-electron chi connectivity index (χ2n) is 8.23. The molecule has 3 aliphatic rings. The molecular weight excluding hydrogens is 392 g/mol. The van der Waals surface area contributed by atoms with E-state index >= 15 is 0 Å². The third-order valence-corrected chi connectivity index (χ3v) is 7.08. The van der Waals surface area contributed by atoms with Crippen molar-refractivity contribution >= 4 is 35.4 Å². The third-order valence-electron chi connectivity index (χ3n) is 6.14. The van der Waals surface area contributed by atoms with Crippen LogP contribution in [0.1, 0.15) is 57.8 Å². The summed E-state index contributed by atoms with van der Waals surface area (Å²) in [6, 6.07) is -0.151. The zero-order chi connectivity index (χ0) is 20.7. The second-order valence-corrected chi connectivity index (χ2v) is 9.46. The highest BCUT2D eigenvalue weighted by atomic mass is 32.2. The summed E-state index contributed by atoms with van der Waals surface area (Å²) in [5.41, 5.74) is -0.998. The predicted molar refractivity (Wildman–Crippen MR) is 112 cm³/mol. The molecule has 162 valence electrons. The summed E-state index contributed by atoms with van der Waals surface area (Å²) in [5, 5.41) is 8.34. The minimum Gasteiger partial charge on any atom is -0.347 e. The Bertz CT molecular complexity index is 624. The molecule has 0 aromatic heterocycles. The van der Waals surface area contributed by atoms with E-state index in [9.17, 15) is 19.2 Å². The first-order valence-corrected chi connectivity index (χ1v) is 11.9. The van der Waals surface area contributed by atoms with E-state index in [1.807, 2.05) is 11.8 Å². The Morgan fingerprint density at radius 3 is 2.24 bits per heavy atom. The molecule has 8 nitrogen and oxygen atoms in total. The molecule has 3 N–H and O–H groups in total. The average Bonchev–Trinajstić information content (AvgIpc) is 3.26. The second kappa shape index (κ2) is 10.3. The number of ketones is 1. The maximum atomic E-state index is 13.0. The Labute approximate surface area is 176 Å². The lowest BCUT2D eigenvalue weighted by molar-refractivity contribution is -0.139. The summed E-state index contributed by atoms with van der Waals surface area (Å²) in [6.45, 7) is 1.01. The van der Waals surface area contributed by atoms with E-state index in [1.54, 1.807) is 4.90 Å². The lowest BCUT2D eigenvalue weighted by Crippen LogP contribution is -2.63. The van der Waals surface area contributed by atoms with Gasteiger partial charge in [0.15, 0.2) is 0 Å². The van der Waals surface area contributed by atoms with Crippen molar-refractivity contribution < 1.29 is 19.2 Å². The topological polar surface area (TPSA) is 108 Å². The molecular formula is C20H32N4O4S. The van der Waals surface area contributed by atoms with Crippen LogP contribution >= 0.6 is 11.8 Å². The van der Waals surface area contributed by atoms with Crippen LogP contribution in [0.2, 0.25) is 0 Å². The van der Waals surface area contributed by atoms with Crippen molar-refractivity contribution in [3.05, 3.63) is 0 Å². The number of carbonyl (C=O) groups is 4. The quantitative estimate of drug-likeness (QED) is 0.555. The number of carbonyl (C=O) groups excluding carboxylic acids is 4. The monoisotopic (exact) mass is 424 g/mol. The third kappa shape index (κ3) is 5.87. The van der Waals surface area contributed by atoms with E-state index < -0.39 is 17.2 Å². The van der Waals surface area contributed by atoms with Gasteiger partial charge >= 0.3 is 6.03 Å². The molecule has 2 saturated carbocycles. The van der Waals surface area contributed by atoms with Gasteiger partial charge in [-0.25, -0.2) is 4.79 Å². The fourth-order valence-corrected chi connectivity index (χ4v) is 5.26. The molecule has 4 amide bonds. The van der Waals surface area contributed by atoms with Gasteiger partial charge in [0.1, 0.15) is 5.54 Å². The highest BCUT2D eigenvalue weighted by Gasteiger charge is 2.42. The van der Waals surface area contributed by atoms with E-state index in [0.29, 0.717) is 25.9 Å². The maximum Gasteiger partial charge on any atom is 0.318 e. The van der Waals surface area contributed by atoms with Crippen LogP contribution in [0.15, 0.2) is 0 Å². The molecule has 2 aliphatic carbocycles. The van der Waals surface area contributed by atoms with E-state index in [2.05, 4.69) is 16.0 Å². The highest BCUT2D eigenvalue weighted by molar-refractivity contribution is 7.99. The largest absolute Gasteiger partial charge is 0.347 e. The smallest absolute Gasteiger partial charge is 0.318 e. The lowest BCUT2D eigenvalue weighted by atomic mass is 9.81. The van der Waals surface area contributed by atoms with Crippen molar-refractivity contribution in [2.75, 3.05) is 31.1 Å². The number of hydrogen-bond acceptors (Lipinski definition) is 5. The lowest BCUT2D eigenvalue weighted by Gasteiger charge is -2.38. The number of nitrogens with zero attached hydrogens (tertiary/aromatic N) is 1. The van der Waals surface area contributed by atoms with Gasteiger partial charge in [-0.1, -0.05) is 32.1 Å². The fraction of sp³-hybridized carbons (Fsp3) is 0.800. The molecule has 9 heteroatoms. The normalized spacial score (nSPS) is 22.0. The first kappa shape index (κ1) is 21.9. The zero-order valence-corrected chi connectivity index (χ0v) is 17.8. The van der Waals surface area contributed by atoms with Gasteiger partial charge in [-0.3, -0.25) is 14.4 Å².